The summed E-state index contributed by atoms with van der Waals surface area (Å²) in [7, 11) is -4.31. The molecule has 0 amide bonds. The number of hydrogen-bond donors (Lipinski definition) is 7. The van der Waals surface area contributed by atoms with Gasteiger partial charge < -0.3 is 26.0 Å². The molecule has 0 unspecified atom stereocenters. The number of esters is 1. The maximum absolute atomic E-state index is 12.4. The molecule has 2 rings (SSSR count). The molecule has 0 aromatic heterocycles. The first kappa shape index (κ1) is 26.2. The molecule has 2 aromatic carbocycles. The quantitative estimate of drug-likeness (QED) is 0.0986. The predicted molar refractivity (Wildman–Crippen MR) is 121 cm³/mol. The monoisotopic (exact) mass is 493 g/mol. The molecule has 0 fully saturated rings. The molecule has 182 valence electrons. The number of nitrogens with one attached hydrogen (secondary N) is 4. The zero-order valence-corrected chi connectivity index (χ0v) is 18.7. The van der Waals surface area contributed by atoms with Crippen LogP contribution in [0.25, 0.3) is 0 Å². The molecule has 0 saturated heterocycles. The van der Waals surface area contributed by atoms with Crippen molar-refractivity contribution in [2.45, 2.75) is 25.9 Å². The SMILES string of the molecule is Cc1cc(CNS(=O)(=O)N[C@@H](CC(=O)O)C(=O)O)ccc1OC(=O)c1ccc(NC(=N)N)cc1. The van der Waals surface area contributed by atoms with Gasteiger partial charge in [-0.15, -0.1) is 0 Å². The van der Waals surface area contributed by atoms with Gasteiger partial charge in [0.05, 0.1) is 12.0 Å². The van der Waals surface area contributed by atoms with Crippen molar-refractivity contribution in [2.24, 2.45) is 5.73 Å². The van der Waals surface area contributed by atoms with Gasteiger partial charge in [-0.1, -0.05) is 12.1 Å². The Labute approximate surface area is 194 Å². The molecular formula is C20H23N5O8S. The lowest BCUT2D eigenvalue weighted by Gasteiger charge is -2.14. The van der Waals surface area contributed by atoms with Crippen LogP contribution in [0.2, 0.25) is 0 Å². The van der Waals surface area contributed by atoms with Crippen molar-refractivity contribution in [3.63, 3.8) is 0 Å². The minimum Gasteiger partial charge on any atom is -0.481 e. The highest BCUT2D eigenvalue weighted by atomic mass is 32.2. The minimum atomic E-state index is -4.31. The Balaban J connectivity index is 2.00. The highest BCUT2D eigenvalue weighted by molar-refractivity contribution is 7.87. The molecule has 0 bridgehead atoms. The molecule has 14 heteroatoms. The van der Waals surface area contributed by atoms with Crippen molar-refractivity contribution in [1.82, 2.24) is 9.44 Å². The highest BCUT2D eigenvalue weighted by Gasteiger charge is 2.26. The number of hydrogen-bond acceptors (Lipinski definition) is 7. The van der Waals surface area contributed by atoms with Gasteiger partial charge in [-0.2, -0.15) is 17.9 Å². The number of carbonyl (C=O) groups is 3. The van der Waals surface area contributed by atoms with E-state index in [4.69, 9.17) is 26.1 Å². The first-order chi connectivity index (χ1) is 15.9. The largest absolute Gasteiger partial charge is 0.481 e. The lowest BCUT2D eigenvalue weighted by atomic mass is 10.1. The van der Waals surface area contributed by atoms with E-state index in [-0.39, 0.29) is 23.8 Å². The number of carbonyl (C=O) groups excluding carboxylic acids is 1. The van der Waals surface area contributed by atoms with Gasteiger partial charge >= 0.3 is 17.9 Å². The van der Waals surface area contributed by atoms with E-state index in [9.17, 15) is 22.8 Å². The van der Waals surface area contributed by atoms with Crippen molar-refractivity contribution < 1.29 is 37.8 Å². The fourth-order valence-electron chi connectivity index (χ4n) is 2.70. The zero-order valence-electron chi connectivity index (χ0n) is 17.9. The van der Waals surface area contributed by atoms with Crippen molar-refractivity contribution in [3.05, 3.63) is 59.2 Å². The van der Waals surface area contributed by atoms with Crippen LogP contribution < -0.4 is 25.2 Å². The van der Waals surface area contributed by atoms with Gasteiger partial charge in [-0.3, -0.25) is 15.0 Å². The average molecular weight is 493 g/mol. The lowest BCUT2D eigenvalue weighted by Crippen LogP contribution is -2.47. The molecule has 0 heterocycles. The van der Waals surface area contributed by atoms with Crippen LogP contribution in [-0.4, -0.2) is 48.5 Å². The molecule has 8 N–H and O–H groups in total. The van der Waals surface area contributed by atoms with Crippen LogP contribution in [0.5, 0.6) is 5.75 Å². The molecule has 13 nitrogen and oxygen atoms in total. The van der Waals surface area contributed by atoms with Crippen molar-refractivity contribution in [1.29, 1.82) is 5.41 Å². The van der Waals surface area contributed by atoms with E-state index >= 15 is 0 Å². The molecular weight excluding hydrogens is 470 g/mol. The van der Waals surface area contributed by atoms with E-state index in [1.54, 1.807) is 29.8 Å². The standard InChI is InChI=1S/C20H23N5O8S/c1-11-8-12(10-23-34(31,32)25-15(18(28)29)9-17(26)27)2-7-16(11)33-19(30)13-3-5-14(6-4-13)24-20(21)22/h2-8,15,23,25H,9-10H2,1H3,(H,26,27)(H,28,29)(H4,21,22,24)/t15-/m0/s1. The van der Waals surface area contributed by atoms with E-state index in [0.29, 0.717) is 16.8 Å². The lowest BCUT2D eigenvalue weighted by molar-refractivity contribution is -0.145. The Morgan fingerprint density at radius 2 is 1.76 bits per heavy atom. The number of nitrogens with two attached hydrogens (primary N) is 1. The van der Waals surface area contributed by atoms with Crippen LogP contribution >= 0.6 is 0 Å². The Bertz CT molecular complexity index is 1200. The summed E-state index contributed by atoms with van der Waals surface area (Å²) in [6.07, 6.45) is -0.925. The number of aryl methyl sites for hydroxylation is 1. The maximum atomic E-state index is 12.4. The smallest absolute Gasteiger partial charge is 0.343 e. The van der Waals surface area contributed by atoms with E-state index in [0.717, 1.165) is 0 Å². The summed E-state index contributed by atoms with van der Waals surface area (Å²) >= 11 is 0. The average Bonchev–Trinajstić information content (AvgIpc) is 2.73. The summed E-state index contributed by atoms with van der Waals surface area (Å²) in [6.45, 7) is 1.42. The number of carboxylic acids is 2. The molecule has 0 aliphatic carbocycles. The van der Waals surface area contributed by atoms with Gasteiger partial charge in [-0.05, 0) is 48.4 Å². The second kappa shape index (κ2) is 11.2. The number of aliphatic carboxylic acids is 2. The molecule has 0 aliphatic heterocycles. The first-order valence-electron chi connectivity index (χ1n) is 9.60. The fraction of sp³-hybridized carbons (Fsp3) is 0.200. The van der Waals surface area contributed by atoms with Crippen LogP contribution in [0, 0.1) is 12.3 Å². The van der Waals surface area contributed by atoms with Crippen molar-refractivity contribution >= 4 is 39.8 Å². The summed E-state index contributed by atoms with van der Waals surface area (Å²) in [6, 6.07) is 8.81. The molecule has 2 aromatic rings. The van der Waals surface area contributed by atoms with Crippen molar-refractivity contribution in [3.8, 4) is 5.75 Å². The van der Waals surface area contributed by atoms with Gasteiger partial charge in [0.1, 0.15) is 11.8 Å². The van der Waals surface area contributed by atoms with Gasteiger partial charge in [0.15, 0.2) is 5.96 Å². The molecule has 1 atom stereocenters. The van der Waals surface area contributed by atoms with Crippen LogP contribution in [0.15, 0.2) is 42.5 Å². The molecule has 0 saturated carbocycles. The van der Waals surface area contributed by atoms with Crippen LogP contribution in [0.3, 0.4) is 0 Å². The Kier molecular flexibility index (Phi) is 8.66. The molecule has 0 spiro atoms. The third kappa shape index (κ3) is 8.16. The minimum absolute atomic E-state index is 0.228. The number of guanidine groups is 1. The topological polar surface area (TPSA) is 221 Å². The van der Waals surface area contributed by atoms with E-state index in [2.05, 4.69) is 10.0 Å². The fourth-order valence-corrected chi connectivity index (χ4v) is 3.70. The van der Waals surface area contributed by atoms with E-state index in [1.807, 2.05) is 0 Å². The van der Waals surface area contributed by atoms with Gasteiger partial charge in [0.2, 0.25) is 0 Å². The van der Waals surface area contributed by atoms with Crippen LogP contribution in [0.1, 0.15) is 27.9 Å². The van der Waals surface area contributed by atoms with E-state index in [1.165, 1.54) is 24.3 Å². The summed E-state index contributed by atoms with van der Waals surface area (Å²) in [5.74, 6) is -3.73. The zero-order chi connectivity index (χ0) is 25.5. The normalized spacial score (nSPS) is 11.9. The third-order valence-electron chi connectivity index (χ3n) is 4.28. The Morgan fingerprint density at radius 3 is 2.29 bits per heavy atom. The number of rotatable bonds is 11. The third-order valence-corrected chi connectivity index (χ3v) is 5.40. The van der Waals surface area contributed by atoms with Gasteiger partial charge in [0, 0.05) is 12.2 Å². The summed E-state index contributed by atoms with van der Waals surface area (Å²) < 4.78 is 33.4. The van der Waals surface area contributed by atoms with E-state index < -0.39 is 40.6 Å². The molecule has 34 heavy (non-hydrogen) atoms. The van der Waals surface area contributed by atoms with Crippen molar-refractivity contribution in [2.75, 3.05) is 5.32 Å². The van der Waals surface area contributed by atoms with Crippen LogP contribution in [0.4, 0.5) is 5.69 Å². The van der Waals surface area contributed by atoms with Crippen LogP contribution in [-0.2, 0) is 26.3 Å². The van der Waals surface area contributed by atoms with Gasteiger partial charge in [0.25, 0.3) is 10.2 Å². The van der Waals surface area contributed by atoms with Gasteiger partial charge in [-0.25, -0.2) is 4.79 Å². The second-order valence-electron chi connectivity index (χ2n) is 7.04. The number of ether oxygens (including phenoxy) is 1. The number of carboxylic acid groups (broad SMARTS) is 2. The number of anilines is 1. The Hall–Kier alpha value is -4.01. The molecule has 0 radical (unpaired) electrons. The predicted octanol–water partition coefficient (Wildman–Crippen LogP) is 0.371. The summed E-state index contributed by atoms with van der Waals surface area (Å²) in [5, 5.41) is 27.4. The first-order valence-corrected chi connectivity index (χ1v) is 11.1. The number of benzene rings is 2. The molecule has 0 aliphatic rings. The highest BCUT2D eigenvalue weighted by Crippen LogP contribution is 2.21. The summed E-state index contributed by atoms with van der Waals surface area (Å²) in [5.41, 5.74) is 7.03. The maximum Gasteiger partial charge on any atom is 0.343 e. The summed E-state index contributed by atoms with van der Waals surface area (Å²) in [4.78, 5) is 34.1. The Morgan fingerprint density at radius 1 is 1.12 bits per heavy atom. The second-order valence-corrected chi connectivity index (χ2v) is 8.57.